The van der Waals surface area contributed by atoms with Crippen LogP contribution in [-0.4, -0.2) is 29.7 Å². The van der Waals surface area contributed by atoms with Gasteiger partial charge in [0.05, 0.1) is 6.54 Å². The lowest BCUT2D eigenvalue weighted by Gasteiger charge is -2.18. The largest absolute Gasteiger partial charge is 0.299 e. The second kappa shape index (κ2) is 4.11. The van der Waals surface area contributed by atoms with Crippen molar-refractivity contribution in [1.82, 2.24) is 4.90 Å². The molecule has 78 valence electrons. The summed E-state index contributed by atoms with van der Waals surface area (Å²) >= 11 is 0. The second-order valence-corrected chi connectivity index (χ2v) is 4.33. The zero-order valence-electron chi connectivity index (χ0n) is 8.83. The molecule has 0 atom stereocenters. The van der Waals surface area contributed by atoms with E-state index < -0.39 is 0 Å². The van der Waals surface area contributed by atoms with E-state index in [9.17, 15) is 4.79 Å². The summed E-state index contributed by atoms with van der Waals surface area (Å²) in [6, 6.07) is 0. The predicted octanol–water partition coefficient (Wildman–Crippen LogP) is 1.83. The maximum absolute atomic E-state index is 11.9. The monoisotopic (exact) mass is 194 g/mol. The normalized spacial score (nSPS) is 22.9. The van der Waals surface area contributed by atoms with E-state index in [-0.39, 0.29) is 5.91 Å². The van der Waals surface area contributed by atoms with Crippen molar-refractivity contribution in [2.45, 2.75) is 39.0 Å². The Labute approximate surface area is 85.2 Å². The highest BCUT2D eigenvalue weighted by Gasteiger charge is 2.24. The Morgan fingerprint density at radius 3 is 2.79 bits per heavy atom. The summed E-state index contributed by atoms with van der Waals surface area (Å²) in [6.07, 6.45) is 5.86. The Bertz CT molecular complexity index is 254. The van der Waals surface area contributed by atoms with E-state index in [2.05, 4.69) is 4.99 Å². The molecular formula is C11H18N2O. The molecule has 0 N–H and O–H groups in total. The molecule has 1 amide bonds. The average molecular weight is 194 g/mol. The van der Waals surface area contributed by atoms with Gasteiger partial charge < -0.3 is 0 Å². The van der Waals surface area contributed by atoms with Crippen molar-refractivity contribution >= 4 is 11.7 Å². The van der Waals surface area contributed by atoms with Crippen LogP contribution in [0.15, 0.2) is 4.99 Å². The standard InChI is InChI=1S/C11H18N2O/c1-9-12-6-7-13(9)11(14)8-10-4-2-3-5-10/h10H,2-8H2,1H3. The number of carbonyl (C=O) groups excluding carboxylic acids is 1. The zero-order chi connectivity index (χ0) is 9.97. The van der Waals surface area contributed by atoms with Crippen molar-refractivity contribution in [1.29, 1.82) is 0 Å². The van der Waals surface area contributed by atoms with Gasteiger partial charge >= 0.3 is 0 Å². The molecule has 0 unspecified atom stereocenters. The average Bonchev–Trinajstić information content (AvgIpc) is 2.75. The number of amidine groups is 1. The Morgan fingerprint density at radius 1 is 1.50 bits per heavy atom. The minimum absolute atomic E-state index is 0.288. The summed E-state index contributed by atoms with van der Waals surface area (Å²) < 4.78 is 0. The van der Waals surface area contributed by atoms with Gasteiger partial charge in [-0.3, -0.25) is 14.7 Å². The predicted molar refractivity (Wildman–Crippen MR) is 56.3 cm³/mol. The van der Waals surface area contributed by atoms with Gasteiger partial charge in [-0.25, -0.2) is 0 Å². The summed E-state index contributed by atoms with van der Waals surface area (Å²) in [5.74, 6) is 1.85. The third kappa shape index (κ3) is 1.97. The number of nitrogens with zero attached hydrogens (tertiary/aromatic N) is 2. The minimum atomic E-state index is 0.288. The van der Waals surface area contributed by atoms with Crippen LogP contribution in [0.1, 0.15) is 39.0 Å². The number of carbonyl (C=O) groups is 1. The highest BCUT2D eigenvalue weighted by atomic mass is 16.2. The number of hydrogen-bond donors (Lipinski definition) is 0. The fourth-order valence-electron chi connectivity index (χ4n) is 2.44. The van der Waals surface area contributed by atoms with Crippen molar-refractivity contribution in [2.24, 2.45) is 10.9 Å². The van der Waals surface area contributed by atoms with Crippen LogP contribution in [-0.2, 0) is 4.79 Å². The summed E-state index contributed by atoms with van der Waals surface area (Å²) in [4.78, 5) is 17.9. The third-order valence-electron chi connectivity index (χ3n) is 3.29. The lowest BCUT2D eigenvalue weighted by Crippen LogP contribution is -2.33. The fourth-order valence-corrected chi connectivity index (χ4v) is 2.44. The molecular weight excluding hydrogens is 176 g/mol. The first-order valence-corrected chi connectivity index (χ1v) is 5.59. The lowest BCUT2D eigenvalue weighted by molar-refractivity contribution is -0.127. The maximum Gasteiger partial charge on any atom is 0.228 e. The van der Waals surface area contributed by atoms with Gasteiger partial charge in [0.15, 0.2) is 0 Å². The van der Waals surface area contributed by atoms with E-state index >= 15 is 0 Å². The molecule has 0 saturated heterocycles. The van der Waals surface area contributed by atoms with Crippen LogP contribution in [0, 0.1) is 5.92 Å². The molecule has 0 aromatic rings. The molecule has 1 aliphatic carbocycles. The van der Waals surface area contributed by atoms with Crippen LogP contribution in [0.4, 0.5) is 0 Å². The molecule has 0 aromatic carbocycles. The molecule has 2 rings (SSSR count). The fraction of sp³-hybridized carbons (Fsp3) is 0.818. The topological polar surface area (TPSA) is 32.7 Å². The van der Waals surface area contributed by atoms with Crippen molar-refractivity contribution in [2.75, 3.05) is 13.1 Å². The van der Waals surface area contributed by atoms with Gasteiger partial charge in [0.25, 0.3) is 0 Å². The summed E-state index contributed by atoms with van der Waals surface area (Å²) in [7, 11) is 0. The first-order chi connectivity index (χ1) is 6.77. The number of amides is 1. The Balaban J connectivity index is 1.85. The van der Waals surface area contributed by atoms with Crippen molar-refractivity contribution in [3.8, 4) is 0 Å². The van der Waals surface area contributed by atoms with Crippen LogP contribution in [0.3, 0.4) is 0 Å². The molecule has 2 aliphatic rings. The number of hydrogen-bond acceptors (Lipinski definition) is 2. The van der Waals surface area contributed by atoms with Crippen LogP contribution >= 0.6 is 0 Å². The van der Waals surface area contributed by atoms with Crippen molar-refractivity contribution in [3.05, 3.63) is 0 Å². The number of aliphatic imine (C=N–C) groups is 1. The highest BCUT2D eigenvalue weighted by molar-refractivity contribution is 5.98. The molecule has 14 heavy (non-hydrogen) atoms. The van der Waals surface area contributed by atoms with E-state index in [0.717, 1.165) is 25.3 Å². The van der Waals surface area contributed by atoms with Gasteiger partial charge in [-0.2, -0.15) is 0 Å². The van der Waals surface area contributed by atoms with Gasteiger partial charge in [0.1, 0.15) is 5.84 Å². The van der Waals surface area contributed by atoms with Gasteiger partial charge in [-0.05, 0) is 25.7 Å². The Morgan fingerprint density at radius 2 is 2.21 bits per heavy atom. The Kier molecular flexibility index (Phi) is 2.85. The van der Waals surface area contributed by atoms with E-state index in [1.807, 2.05) is 11.8 Å². The van der Waals surface area contributed by atoms with E-state index in [4.69, 9.17) is 0 Å². The van der Waals surface area contributed by atoms with Crippen molar-refractivity contribution in [3.63, 3.8) is 0 Å². The first-order valence-electron chi connectivity index (χ1n) is 5.59. The van der Waals surface area contributed by atoms with E-state index in [0.29, 0.717) is 5.92 Å². The molecule has 3 nitrogen and oxygen atoms in total. The molecule has 0 aromatic heterocycles. The highest BCUT2D eigenvalue weighted by Crippen LogP contribution is 2.28. The van der Waals surface area contributed by atoms with Gasteiger partial charge in [-0.15, -0.1) is 0 Å². The molecule has 0 spiro atoms. The van der Waals surface area contributed by atoms with Gasteiger partial charge in [0.2, 0.25) is 5.91 Å². The van der Waals surface area contributed by atoms with E-state index in [1.165, 1.54) is 25.7 Å². The van der Waals surface area contributed by atoms with Crippen molar-refractivity contribution < 1.29 is 4.79 Å². The SMILES string of the molecule is CC1=NCCN1C(=O)CC1CCCC1. The lowest BCUT2D eigenvalue weighted by atomic mass is 10.0. The van der Waals surface area contributed by atoms with Gasteiger partial charge in [-0.1, -0.05) is 12.8 Å². The van der Waals surface area contributed by atoms with Gasteiger partial charge in [0, 0.05) is 13.0 Å². The Hall–Kier alpha value is -0.860. The van der Waals surface area contributed by atoms with E-state index in [1.54, 1.807) is 0 Å². The second-order valence-electron chi connectivity index (χ2n) is 4.33. The molecule has 1 aliphatic heterocycles. The maximum atomic E-state index is 11.9. The van der Waals surface area contributed by atoms with Crippen LogP contribution in [0.2, 0.25) is 0 Å². The zero-order valence-corrected chi connectivity index (χ0v) is 8.83. The minimum Gasteiger partial charge on any atom is -0.299 e. The first kappa shape index (κ1) is 9.69. The van der Waals surface area contributed by atoms with Crippen LogP contribution < -0.4 is 0 Å². The molecule has 3 heteroatoms. The molecule has 0 bridgehead atoms. The summed E-state index contributed by atoms with van der Waals surface area (Å²) in [6.45, 7) is 3.53. The third-order valence-corrected chi connectivity index (χ3v) is 3.29. The number of rotatable bonds is 2. The molecule has 1 heterocycles. The van der Waals surface area contributed by atoms with Crippen LogP contribution in [0.25, 0.3) is 0 Å². The smallest absolute Gasteiger partial charge is 0.228 e. The summed E-state index contributed by atoms with van der Waals surface area (Å²) in [5.41, 5.74) is 0. The quantitative estimate of drug-likeness (QED) is 0.660. The summed E-state index contributed by atoms with van der Waals surface area (Å²) in [5, 5.41) is 0. The molecule has 1 saturated carbocycles. The molecule has 0 radical (unpaired) electrons. The van der Waals surface area contributed by atoms with Crippen LogP contribution in [0.5, 0.6) is 0 Å². The molecule has 1 fully saturated rings.